The summed E-state index contributed by atoms with van der Waals surface area (Å²) in [5.41, 5.74) is 12.0. The van der Waals surface area contributed by atoms with Crippen LogP contribution in [0.3, 0.4) is 0 Å². The van der Waals surface area contributed by atoms with Gasteiger partial charge < -0.3 is 20.4 Å². The van der Waals surface area contributed by atoms with Crippen LogP contribution in [-0.4, -0.2) is 61.2 Å². The lowest BCUT2D eigenvalue weighted by atomic mass is 9.98. The fraction of sp³-hybridized carbons (Fsp3) is 0.208. The van der Waals surface area contributed by atoms with E-state index in [1.54, 1.807) is 6.33 Å². The van der Waals surface area contributed by atoms with E-state index in [1.165, 1.54) is 0 Å². The Labute approximate surface area is 195 Å². The number of nitrogens with two attached hydrogens (primary N) is 1. The summed E-state index contributed by atoms with van der Waals surface area (Å²) in [6.07, 6.45) is 3.42. The Morgan fingerprint density at radius 3 is 2.50 bits per heavy atom. The van der Waals surface area contributed by atoms with Gasteiger partial charge in [-0.05, 0) is 11.6 Å². The predicted octanol–water partition coefficient (Wildman–Crippen LogP) is 2.90. The molecule has 3 aromatic heterocycles. The Kier molecular flexibility index (Phi) is 4.92. The number of hydrogen-bond donors (Lipinski definition) is 2. The summed E-state index contributed by atoms with van der Waals surface area (Å²) >= 11 is 0. The largest absolute Gasteiger partial charge is 0.383 e. The molecule has 6 rings (SSSR count). The number of ether oxygens (including phenoxy) is 1. The highest BCUT2D eigenvalue weighted by molar-refractivity contribution is 5.92. The van der Waals surface area contributed by atoms with Crippen molar-refractivity contribution in [2.24, 2.45) is 7.05 Å². The molecule has 0 atom stereocenters. The minimum atomic E-state index is 0.434. The molecule has 34 heavy (non-hydrogen) atoms. The number of nitrogen functional groups attached to an aromatic ring is 1. The van der Waals surface area contributed by atoms with E-state index in [-0.39, 0.29) is 0 Å². The molecule has 5 aromatic rings. The van der Waals surface area contributed by atoms with Crippen molar-refractivity contribution in [3.8, 4) is 33.8 Å². The molecule has 1 saturated heterocycles. The molecular formula is C24H23N9O. The van der Waals surface area contributed by atoms with E-state index in [9.17, 15) is 0 Å². The number of hydrogen-bond acceptors (Lipinski definition) is 8. The van der Waals surface area contributed by atoms with E-state index in [2.05, 4.69) is 43.4 Å². The number of aryl methyl sites for hydroxylation is 1. The summed E-state index contributed by atoms with van der Waals surface area (Å²) in [5, 5.41) is 13.4. The molecule has 4 heterocycles. The van der Waals surface area contributed by atoms with E-state index in [0.29, 0.717) is 30.8 Å². The Balaban J connectivity index is 1.51. The van der Waals surface area contributed by atoms with Crippen LogP contribution in [-0.2, 0) is 11.8 Å². The maximum absolute atomic E-state index is 6.60. The zero-order valence-corrected chi connectivity index (χ0v) is 18.6. The molecule has 0 amide bonds. The van der Waals surface area contributed by atoms with Crippen LogP contribution in [0.4, 0.5) is 11.8 Å². The number of H-pyrrole nitrogens is 1. The molecule has 0 bridgehead atoms. The van der Waals surface area contributed by atoms with Crippen molar-refractivity contribution in [2.45, 2.75) is 0 Å². The molecule has 10 nitrogen and oxygen atoms in total. The van der Waals surface area contributed by atoms with Crippen LogP contribution in [0.1, 0.15) is 0 Å². The van der Waals surface area contributed by atoms with Crippen molar-refractivity contribution < 1.29 is 4.74 Å². The molecule has 170 valence electrons. The average Bonchev–Trinajstić information content (AvgIpc) is 3.55. The number of rotatable bonds is 4. The molecule has 3 N–H and O–H groups in total. The average molecular weight is 454 g/mol. The third kappa shape index (κ3) is 3.54. The monoisotopic (exact) mass is 453 g/mol. The SMILES string of the molecule is Cn1ncc2ccc(-c3nc(N4CCOCC4)nc(N)c3-c3ccc(-c4nnc[nH]4)cc3)cc21. The molecule has 0 radical (unpaired) electrons. The topological polar surface area (TPSA) is 124 Å². The first kappa shape index (κ1) is 20.3. The van der Waals surface area contributed by atoms with Crippen LogP contribution >= 0.6 is 0 Å². The van der Waals surface area contributed by atoms with Gasteiger partial charge in [0.15, 0.2) is 5.82 Å². The molecule has 0 unspecified atom stereocenters. The summed E-state index contributed by atoms with van der Waals surface area (Å²) in [7, 11) is 1.93. The van der Waals surface area contributed by atoms with E-state index < -0.39 is 0 Å². The smallest absolute Gasteiger partial charge is 0.228 e. The lowest BCUT2D eigenvalue weighted by molar-refractivity contribution is 0.122. The van der Waals surface area contributed by atoms with Crippen LogP contribution in [0.5, 0.6) is 0 Å². The highest BCUT2D eigenvalue weighted by Gasteiger charge is 2.21. The van der Waals surface area contributed by atoms with E-state index in [0.717, 1.165) is 51.9 Å². The second-order valence-corrected chi connectivity index (χ2v) is 8.19. The van der Waals surface area contributed by atoms with Gasteiger partial charge in [0.25, 0.3) is 0 Å². The fourth-order valence-corrected chi connectivity index (χ4v) is 4.30. The first-order chi connectivity index (χ1) is 16.7. The second kappa shape index (κ2) is 8.23. The minimum Gasteiger partial charge on any atom is -0.383 e. The van der Waals surface area contributed by atoms with Gasteiger partial charge in [0.2, 0.25) is 5.95 Å². The third-order valence-electron chi connectivity index (χ3n) is 6.11. The number of fused-ring (bicyclic) bond motifs is 1. The van der Waals surface area contributed by atoms with Gasteiger partial charge in [-0.3, -0.25) is 4.68 Å². The summed E-state index contributed by atoms with van der Waals surface area (Å²) in [4.78, 5) is 14.9. The standard InChI is InChI=1S/C24H23N9O/c1-32-19-12-17(6-7-18(19)13-28-32)21-20(15-2-4-16(5-3-15)23-26-14-27-31-23)22(25)30-24(29-21)33-8-10-34-11-9-33/h2-7,12-14H,8-11H2,1H3,(H2,25,29,30)(H,26,27,31). The molecule has 1 fully saturated rings. The maximum Gasteiger partial charge on any atom is 0.228 e. The van der Waals surface area contributed by atoms with Gasteiger partial charge in [-0.1, -0.05) is 36.4 Å². The van der Waals surface area contributed by atoms with Gasteiger partial charge in [0, 0.05) is 36.7 Å². The Morgan fingerprint density at radius 2 is 1.74 bits per heavy atom. The van der Waals surface area contributed by atoms with Crippen LogP contribution in [0.15, 0.2) is 55.0 Å². The number of benzene rings is 2. The molecule has 10 heteroatoms. The summed E-state index contributed by atoms with van der Waals surface area (Å²) in [6.45, 7) is 2.74. The molecule has 2 aromatic carbocycles. The Bertz CT molecular complexity index is 1450. The molecule has 0 saturated carbocycles. The Morgan fingerprint density at radius 1 is 0.971 bits per heavy atom. The molecule has 0 aliphatic carbocycles. The van der Waals surface area contributed by atoms with Crippen molar-refractivity contribution in [1.29, 1.82) is 0 Å². The van der Waals surface area contributed by atoms with Gasteiger partial charge in [0.1, 0.15) is 12.1 Å². The number of aromatic amines is 1. The first-order valence-corrected chi connectivity index (χ1v) is 11.1. The highest BCUT2D eigenvalue weighted by atomic mass is 16.5. The van der Waals surface area contributed by atoms with Crippen molar-refractivity contribution in [3.63, 3.8) is 0 Å². The van der Waals surface area contributed by atoms with E-state index >= 15 is 0 Å². The quantitative estimate of drug-likeness (QED) is 0.426. The lowest BCUT2D eigenvalue weighted by Crippen LogP contribution is -2.37. The lowest BCUT2D eigenvalue weighted by Gasteiger charge is -2.28. The second-order valence-electron chi connectivity index (χ2n) is 8.19. The van der Waals surface area contributed by atoms with Crippen LogP contribution < -0.4 is 10.6 Å². The van der Waals surface area contributed by atoms with Crippen molar-refractivity contribution >= 4 is 22.7 Å². The van der Waals surface area contributed by atoms with Crippen LogP contribution in [0, 0.1) is 0 Å². The normalized spacial score (nSPS) is 14.1. The highest BCUT2D eigenvalue weighted by Crippen LogP contribution is 2.37. The number of anilines is 2. The minimum absolute atomic E-state index is 0.434. The maximum atomic E-state index is 6.60. The predicted molar refractivity (Wildman–Crippen MR) is 130 cm³/mol. The van der Waals surface area contributed by atoms with Gasteiger partial charge in [-0.15, -0.1) is 10.2 Å². The van der Waals surface area contributed by atoms with Crippen LogP contribution in [0.2, 0.25) is 0 Å². The van der Waals surface area contributed by atoms with Gasteiger partial charge in [0.05, 0.1) is 36.2 Å². The number of nitrogens with one attached hydrogen (secondary N) is 1. The molecular weight excluding hydrogens is 430 g/mol. The van der Waals surface area contributed by atoms with Crippen molar-refractivity contribution in [2.75, 3.05) is 36.9 Å². The van der Waals surface area contributed by atoms with Crippen molar-refractivity contribution in [1.82, 2.24) is 34.9 Å². The van der Waals surface area contributed by atoms with Gasteiger partial charge in [-0.25, -0.2) is 4.98 Å². The fourth-order valence-electron chi connectivity index (χ4n) is 4.30. The summed E-state index contributed by atoms with van der Waals surface area (Å²) in [6, 6.07) is 14.2. The summed E-state index contributed by atoms with van der Waals surface area (Å²) in [5.74, 6) is 1.76. The molecule has 1 aliphatic heterocycles. The van der Waals surface area contributed by atoms with Crippen LogP contribution in [0.25, 0.3) is 44.7 Å². The van der Waals surface area contributed by atoms with Crippen molar-refractivity contribution in [3.05, 3.63) is 55.0 Å². The third-order valence-corrected chi connectivity index (χ3v) is 6.11. The number of nitrogens with zero attached hydrogens (tertiary/aromatic N) is 7. The van der Waals surface area contributed by atoms with E-state index in [4.69, 9.17) is 20.4 Å². The van der Waals surface area contributed by atoms with Gasteiger partial charge in [-0.2, -0.15) is 10.1 Å². The van der Waals surface area contributed by atoms with Gasteiger partial charge >= 0.3 is 0 Å². The first-order valence-electron chi connectivity index (χ1n) is 11.1. The Hall–Kier alpha value is -4.31. The van der Waals surface area contributed by atoms with E-state index in [1.807, 2.05) is 42.2 Å². The number of morpholine rings is 1. The number of aromatic nitrogens is 7. The summed E-state index contributed by atoms with van der Waals surface area (Å²) < 4.78 is 7.36. The molecule has 1 aliphatic rings. The zero-order valence-electron chi connectivity index (χ0n) is 18.6. The molecule has 0 spiro atoms. The zero-order chi connectivity index (χ0) is 23.1.